The number of benzene rings is 2. The van der Waals surface area contributed by atoms with Crippen LogP contribution in [0.1, 0.15) is 36.7 Å². The van der Waals surface area contributed by atoms with Gasteiger partial charge in [-0.2, -0.15) is 0 Å². The van der Waals surface area contributed by atoms with Crippen molar-refractivity contribution in [2.24, 2.45) is 0 Å². The van der Waals surface area contributed by atoms with Crippen LogP contribution in [-0.2, 0) is 15.4 Å². The number of carbonyl (C=O) groups excluding carboxylic acids is 1. The van der Waals surface area contributed by atoms with E-state index in [2.05, 4.69) is 30.8 Å². The van der Waals surface area contributed by atoms with Crippen molar-refractivity contribution in [3.8, 4) is 0 Å². The Hall–Kier alpha value is -2.34. The van der Waals surface area contributed by atoms with E-state index in [0.717, 1.165) is 11.8 Å². The van der Waals surface area contributed by atoms with Crippen LogP contribution in [0.5, 0.6) is 0 Å². The number of amides is 1. The summed E-state index contributed by atoms with van der Waals surface area (Å²) < 4.78 is 24.7. The van der Waals surface area contributed by atoms with E-state index < -0.39 is 10.0 Å². The fraction of sp³-hybridized carbons (Fsp3) is 0.278. The molecule has 0 unspecified atom stereocenters. The average Bonchev–Trinajstić information content (AvgIpc) is 2.47. The van der Waals surface area contributed by atoms with Gasteiger partial charge in [0.05, 0.1) is 6.26 Å². The summed E-state index contributed by atoms with van der Waals surface area (Å²) in [7, 11) is -3.31. The molecule has 0 spiro atoms. The van der Waals surface area contributed by atoms with Gasteiger partial charge in [-0.05, 0) is 47.4 Å². The molecule has 24 heavy (non-hydrogen) atoms. The number of rotatable bonds is 4. The third kappa shape index (κ3) is 5.09. The minimum atomic E-state index is -3.31. The lowest BCUT2D eigenvalue weighted by Crippen LogP contribution is -2.14. The number of hydrogen-bond donors (Lipinski definition) is 2. The molecular weight excluding hydrogens is 324 g/mol. The topological polar surface area (TPSA) is 75.3 Å². The molecule has 0 heterocycles. The van der Waals surface area contributed by atoms with Crippen LogP contribution < -0.4 is 10.0 Å². The van der Waals surface area contributed by atoms with E-state index in [1.54, 1.807) is 36.4 Å². The highest BCUT2D eigenvalue weighted by Crippen LogP contribution is 2.22. The fourth-order valence-corrected chi connectivity index (χ4v) is 2.72. The van der Waals surface area contributed by atoms with Gasteiger partial charge in [0.2, 0.25) is 10.0 Å². The van der Waals surface area contributed by atoms with Crippen LogP contribution in [0.4, 0.5) is 11.4 Å². The van der Waals surface area contributed by atoms with Crippen molar-refractivity contribution < 1.29 is 13.2 Å². The Balaban J connectivity index is 2.07. The molecule has 2 N–H and O–H groups in total. The summed E-state index contributed by atoms with van der Waals surface area (Å²) in [5.74, 6) is -0.209. The summed E-state index contributed by atoms with van der Waals surface area (Å²) in [4.78, 5) is 12.3. The lowest BCUT2D eigenvalue weighted by atomic mass is 9.87. The van der Waals surface area contributed by atoms with Gasteiger partial charge in [0.15, 0.2) is 0 Å². The fourth-order valence-electron chi connectivity index (χ4n) is 2.16. The molecule has 5 nitrogen and oxygen atoms in total. The van der Waals surface area contributed by atoms with Crippen LogP contribution in [0, 0.1) is 0 Å². The second kappa shape index (κ2) is 6.65. The normalized spacial score (nSPS) is 11.8. The molecule has 0 aliphatic heterocycles. The van der Waals surface area contributed by atoms with E-state index in [-0.39, 0.29) is 11.3 Å². The highest BCUT2D eigenvalue weighted by Gasteiger charge is 2.14. The molecule has 0 bridgehead atoms. The van der Waals surface area contributed by atoms with E-state index in [1.807, 2.05) is 12.1 Å². The predicted molar refractivity (Wildman–Crippen MR) is 98.0 cm³/mol. The molecule has 128 valence electrons. The van der Waals surface area contributed by atoms with Crippen molar-refractivity contribution in [2.75, 3.05) is 16.3 Å². The predicted octanol–water partition coefficient (Wildman–Crippen LogP) is 3.61. The van der Waals surface area contributed by atoms with Crippen LogP contribution >= 0.6 is 0 Å². The van der Waals surface area contributed by atoms with Crippen molar-refractivity contribution in [3.05, 3.63) is 59.7 Å². The van der Waals surface area contributed by atoms with E-state index in [9.17, 15) is 13.2 Å². The van der Waals surface area contributed by atoms with Crippen molar-refractivity contribution >= 4 is 27.3 Å². The third-order valence-electron chi connectivity index (χ3n) is 3.46. The van der Waals surface area contributed by atoms with Gasteiger partial charge in [-0.3, -0.25) is 9.52 Å². The first-order chi connectivity index (χ1) is 11.0. The quantitative estimate of drug-likeness (QED) is 0.888. The van der Waals surface area contributed by atoms with Gasteiger partial charge in [0.25, 0.3) is 5.91 Å². The molecule has 6 heteroatoms. The van der Waals surface area contributed by atoms with Crippen molar-refractivity contribution in [2.45, 2.75) is 26.2 Å². The first kappa shape index (κ1) is 18.0. The first-order valence-electron chi connectivity index (χ1n) is 7.54. The summed E-state index contributed by atoms with van der Waals surface area (Å²) in [5, 5.41) is 2.79. The third-order valence-corrected chi connectivity index (χ3v) is 4.07. The maximum atomic E-state index is 12.3. The second-order valence-electron chi connectivity index (χ2n) is 6.73. The molecule has 0 aliphatic rings. The number of anilines is 2. The Morgan fingerprint density at radius 1 is 0.875 bits per heavy atom. The van der Waals surface area contributed by atoms with Crippen LogP contribution in [0.25, 0.3) is 0 Å². The van der Waals surface area contributed by atoms with Crippen molar-refractivity contribution in [1.82, 2.24) is 0 Å². The zero-order valence-electron chi connectivity index (χ0n) is 14.3. The van der Waals surface area contributed by atoms with Gasteiger partial charge < -0.3 is 5.32 Å². The largest absolute Gasteiger partial charge is 0.322 e. The van der Waals surface area contributed by atoms with Crippen LogP contribution in [0.2, 0.25) is 0 Å². The van der Waals surface area contributed by atoms with Crippen LogP contribution in [0.3, 0.4) is 0 Å². The number of nitrogens with one attached hydrogen (secondary N) is 2. The number of sulfonamides is 1. The molecule has 0 aliphatic carbocycles. The molecule has 0 radical (unpaired) electrons. The molecule has 2 aromatic carbocycles. The highest BCUT2D eigenvalue weighted by molar-refractivity contribution is 7.92. The Labute approximate surface area is 143 Å². The molecule has 1 amide bonds. The smallest absolute Gasteiger partial charge is 0.255 e. The Morgan fingerprint density at radius 3 is 1.83 bits per heavy atom. The number of carbonyl (C=O) groups is 1. The minimum absolute atomic E-state index is 0.0391. The Bertz CT molecular complexity index is 818. The van der Waals surface area contributed by atoms with Gasteiger partial charge in [0, 0.05) is 16.9 Å². The standard InChI is InChI=1S/C18H22N2O3S/c1-18(2,3)14-7-5-13(6-8-14)17(21)19-15-9-11-16(12-10-15)20-24(4,22)23/h5-12,20H,1-4H3,(H,19,21). The van der Waals surface area contributed by atoms with Gasteiger partial charge in [-0.25, -0.2) is 8.42 Å². The molecule has 0 atom stereocenters. The molecule has 0 aromatic heterocycles. The first-order valence-corrected chi connectivity index (χ1v) is 9.43. The average molecular weight is 346 g/mol. The van der Waals surface area contributed by atoms with Gasteiger partial charge in [0.1, 0.15) is 0 Å². The van der Waals surface area contributed by atoms with Gasteiger partial charge in [-0.1, -0.05) is 32.9 Å². The summed E-state index contributed by atoms with van der Waals surface area (Å²) in [5.41, 5.74) is 2.82. The highest BCUT2D eigenvalue weighted by atomic mass is 32.2. The van der Waals surface area contributed by atoms with E-state index in [4.69, 9.17) is 0 Å². The summed E-state index contributed by atoms with van der Waals surface area (Å²) in [6, 6.07) is 14.0. The zero-order chi connectivity index (χ0) is 18.0. The maximum Gasteiger partial charge on any atom is 0.255 e. The zero-order valence-corrected chi connectivity index (χ0v) is 15.1. The number of hydrogen-bond acceptors (Lipinski definition) is 3. The van der Waals surface area contributed by atoms with E-state index in [1.165, 1.54) is 0 Å². The van der Waals surface area contributed by atoms with Gasteiger partial charge >= 0.3 is 0 Å². The van der Waals surface area contributed by atoms with Gasteiger partial charge in [-0.15, -0.1) is 0 Å². The van der Waals surface area contributed by atoms with E-state index >= 15 is 0 Å². The lowest BCUT2D eigenvalue weighted by molar-refractivity contribution is 0.102. The van der Waals surface area contributed by atoms with Crippen LogP contribution in [0.15, 0.2) is 48.5 Å². The maximum absolute atomic E-state index is 12.3. The second-order valence-corrected chi connectivity index (χ2v) is 8.48. The molecular formula is C18H22N2O3S. The van der Waals surface area contributed by atoms with Crippen molar-refractivity contribution in [3.63, 3.8) is 0 Å². The SMILES string of the molecule is CC(C)(C)c1ccc(C(=O)Nc2ccc(NS(C)(=O)=O)cc2)cc1. The monoisotopic (exact) mass is 346 g/mol. The Morgan fingerprint density at radius 2 is 1.38 bits per heavy atom. The lowest BCUT2D eigenvalue weighted by Gasteiger charge is -2.19. The molecule has 0 fully saturated rings. The van der Waals surface area contributed by atoms with E-state index in [0.29, 0.717) is 16.9 Å². The molecule has 2 aromatic rings. The molecule has 0 saturated heterocycles. The summed E-state index contributed by atoms with van der Waals surface area (Å²) in [6.45, 7) is 6.36. The summed E-state index contributed by atoms with van der Waals surface area (Å²) in [6.07, 6.45) is 1.09. The molecule has 2 rings (SSSR count). The molecule has 0 saturated carbocycles. The Kier molecular flexibility index (Phi) is 4.99. The van der Waals surface area contributed by atoms with Crippen LogP contribution in [-0.4, -0.2) is 20.6 Å². The minimum Gasteiger partial charge on any atom is -0.322 e. The summed E-state index contributed by atoms with van der Waals surface area (Å²) >= 11 is 0. The van der Waals surface area contributed by atoms with Crippen molar-refractivity contribution in [1.29, 1.82) is 0 Å².